The molecule has 0 saturated heterocycles. The van der Waals surface area contributed by atoms with Crippen LogP contribution in [0.3, 0.4) is 0 Å². The molecule has 7 nitrogen and oxygen atoms in total. The Kier molecular flexibility index (Phi) is 9.80. The fourth-order valence-corrected chi connectivity index (χ4v) is 0.406. The second-order valence-electron chi connectivity index (χ2n) is 2.32. The fraction of sp³-hybridized carbons (Fsp3) is 0.200. The molecule has 0 fully saturated rings. The highest BCUT2D eigenvalue weighted by Crippen LogP contribution is 1.90. The summed E-state index contributed by atoms with van der Waals surface area (Å²) >= 11 is 0. The van der Waals surface area contributed by atoms with Crippen molar-refractivity contribution in [3.8, 4) is 6.07 Å². The zero-order valence-electron chi connectivity index (χ0n) is 9.04. The predicted molar refractivity (Wildman–Crippen MR) is 55.8 cm³/mol. The Morgan fingerprint density at radius 2 is 1.71 bits per heavy atom. The molecule has 0 aromatic heterocycles. The van der Waals surface area contributed by atoms with Gasteiger partial charge < -0.3 is 14.9 Å². The van der Waals surface area contributed by atoms with Crippen LogP contribution in [0.15, 0.2) is 24.3 Å². The summed E-state index contributed by atoms with van der Waals surface area (Å²) < 4.78 is 4.43. The summed E-state index contributed by atoms with van der Waals surface area (Å²) in [6, 6.07) is 1.58. The molecule has 7 heteroatoms. The Labute approximate surface area is 97.2 Å². The van der Waals surface area contributed by atoms with E-state index in [0.29, 0.717) is 12.2 Å². The molecule has 0 spiro atoms. The van der Waals surface area contributed by atoms with E-state index in [1.54, 1.807) is 13.0 Å². The minimum atomic E-state index is -1.26. The second kappa shape index (κ2) is 9.92. The van der Waals surface area contributed by atoms with E-state index in [2.05, 4.69) is 11.3 Å². The molecule has 0 amide bonds. The molecule has 0 radical (unpaired) electrons. The maximum Gasteiger partial charge on any atom is 0.348 e. The van der Waals surface area contributed by atoms with Crippen LogP contribution in [0.5, 0.6) is 0 Å². The van der Waals surface area contributed by atoms with Crippen LogP contribution >= 0.6 is 0 Å². The third kappa shape index (κ3) is 13.4. The van der Waals surface area contributed by atoms with E-state index >= 15 is 0 Å². The number of ether oxygens (including phenoxy) is 1. The number of hydrogen-bond donors (Lipinski definition) is 2. The molecule has 0 aromatic rings. The van der Waals surface area contributed by atoms with E-state index in [-0.39, 0.29) is 12.2 Å². The van der Waals surface area contributed by atoms with Gasteiger partial charge in [0.05, 0.1) is 6.61 Å². The van der Waals surface area contributed by atoms with Crippen molar-refractivity contribution in [2.24, 2.45) is 0 Å². The lowest BCUT2D eigenvalue weighted by Crippen LogP contribution is -2.04. The number of aliphatic carboxylic acids is 2. The van der Waals surface area contributed by atoms with Gasteiger partial charge in [0.15, 0.2) is 0 Å². The van der Waals surface area contributed by atoms with Gasteiger partial charge in [-0.05, 0) is 6.92 Å². The molecule has 0 bridgehead atoms. The molecule has 2 N–H and O–H groups in total. The van der Waals surface area contributed by atoms with Gasteiger partial charge in [-0.25, -0.2) is 14.4 Å². The quantitative estimate of drug-likeness (QED) is 0.413. The first-order valence-electron chi connectivity index (χ1n) is 4.25. The van der Waals surface area contributed by atoms with E-state index in [9.17, 15) is 14.4 Å². The molecule has 0 atom stereocenters. The summed E-state index contributed by atoms with van der Waals surface area (Å²) in [7, 11) is 0. The van der Waals surface area contributed by atoms with Gasteiger partial charge in [0.2, 0.25) is 0 Å². The number of nitrogens with zero attached hydrogens (tertiary/aromatic N) is 1. The van der Waals surface area contributed by atoms with Gasteiger partial charge in [-0.15, -0.1) is 0 Å². The van der Waals surface area contributed by atoms with Crippen LogP contribution in [0, 0.1) is 11.3 Å². The van der Waals surface area contributed by atoms with Crippen molar-refractivity contribution in [3.63, 3.8) is 0 Å². The third-order valence-corrected chi connectivity index (χ3v) is 1.03. The molecule has 0 unspecified atom stereocenters. The third-order valence-electron chi connectivity index (χ3n) is 1.03. The highest BCUT2D eigenvalue weighted by molar-refractivity contribution is 5.91. The average Bonchev–Trinajstić information content (AvgIpc) is 2.26. The Morgan fingerprint density at radius 3 is 1.94 bits per heavy atom. The Bertz CT molecular complexity index is 361. The maximum absolute atomic E-state index is 10.4. The van der Waals surface area contributed by atoms with Crippen molar-refractivity contribution in [1.82, 2.24) is 0 Å². The molecule has 92 valence electrons. The van der Waals surface area contributed by atoms with Crippen LogP contribution < -0.4 is 0 Å². The van der Waals surface area contributed by atoms with Crippen molar-refractivity contribution >= 4 is 17.9 Å². The number of rotatable bonds is 4. The van der Waals surface area contributed by atoms with Crippen molar-refractivity contribution in [3.05, 3.63) is 24.3 Å². The SMILES string of the molecule is C=C(C#N)C(=O)OCC.O=C(O)/C=C\C(=O)O. The van der Waals surface area contributed by atoms with Crippen molar-refractivity contribution in [2.75, 3.05) is 6.61 Å². The van der Waals surface area contributed by atoms with Crippen LogP contribution in [-0.4, -0.2) is 34.7 Å². The average molecular weight is 241 g/mol. The number of carbonyl (C=O) groups is 3. The second-order valence-corrected chi connectivity index (χ2v) is 2.32. The molecule has 0 aliphatic heterocycles. The first-order valence-corrected chi connectivity index (χ1v) is 4.25. The minimum Gasteiger partial charge on any atom is -0.478 e. The van der Waals surface area contributed by atoms with Gasteiger partial charge in [0, 0.05) is 12.2 Å². The summed E-state index contributed by atoms with van der Waals surface area (Å²) in [5.41, 5.74) is -0.156. The number of esters is 1. The van der Waals surface area contributed by atoms with Gasteiger partial charge >= 0.3 is 17.9 Å². The van der Waals surface area contributed by atoms with Crippen LogP contribution in [0.4, 0.5) is 0 Å². The molecular weight excluding hydrogens is 230 g/mol. The van der Waals surface area contributed by atoms with Gasteiger partial charge in [0.1, 0.15) is 11.6 Å². The number of carboxylic acid groups (broad SMARTS) is 2. The maximum atomic E-state index is 10.4. The molecule has 17 heavy (non-hydrogen) atoms. The zero-order chi connectivity index (χ0) is 13.8. The van der Waals surface area contributed by atoms with Crippen LogP contribution in [-0.2, 0) is 19.1 Å². The zero-order valence-corrected chi connectivity index (χ0v) is 9.04. The van der Waals surface area contributed by atoms with Crippen LogP contribution in [0.25, 0.3) is 0 Å². The number of carboxylic acids is 2. The lowest BCUT2D eigenvalue weighted by atomic mass is 10.3. The van der Waals surface area contributed by atoms with E-state index in [1.165, 1.54) is 0 Å². The monoisotopic (exact) mass is 241 g/mol. The topological polar surface area (TPSA) is 125 Å². The molecule has 0 aliphatic carbocycles. The summed E-state index contributed by atoms with van der Waals surface area (Å²) in [5.74, 6) is -3.15. The first-order chi connectivity index (χ1) is 7.84. The molecule has 0 aliphatic rings. The summed E-state index contributed by atoms with van der Waals surface area (Å²) in [5, 5.41) is 23.7. The number of hydrogen-bond acceptors (Lipinski definition) is 5. The smallest absolute Gasteiger partial charge is 0.348 e. The highest BCUT2D eigenvalue weighted by Gasteiger charge is 2.03. The van der Waals surface area contributed by atoms with Gasteiger partial charge in [-0.2, -0.15) is 5.26 Å². The van der Waals surface area contributed by atoms with E-state index in [4.69, 9.17) is 15.5 Å². The summed E-state index contributed by atoms with van der Waals surface area (Å²) in [6.45, 7) is 5.10. The molecule has 0 saturated carbocycles. The summed E-state index contributed by atoms with van der Waals surface area (Å²) in [6.07, 6.45) is 1.12. The standard InChI is InChI=1S/C6H7NO2.C4H4O4/c1-3-9-6(8)5(2)4-7;5-3(6)1-2-4(7)8/h2-3H2,1H3;1-2H,(H,5,6)(H,7,8)/b;2-1-. The van der Waals surface area contributed by atoms with Gasteiger partial charge in [0.25, 0.3) is 0 Å². The number of carbonyl (C=O) groups excluding carboxylic acids is 1. The minimum absolute atomic E-state index is 0.156. The van der Waals surface area contributed by atoms with Crippen LogP contribution in [0.2, 0.25) is 0 Å². The molecular formula is C10H11NO6. The highest BCUT2D eigenvalue weighted by atomic mass is 16.5. The lowest BCUT2D eigenvalue weighted by Gasteiger charge is -1.95. The normalized spacial score (nSPS) is 8.47. The first kappa shape index (κ1) is 16.8. The van der Waals surface area contributed by atoms with E-state index in [0.717, 1.165) is 0 Å². The van der Waals surface area contributed by atoms with Crippen LogP contribution in [0.1, 0.15) is 6.92 Å². The predicted octanol–water partition coefficient (Wildman–Crippen LogP) is 0.341. The van der Waals surface area contributed by atoms with Crippen molar-refractivity contribution in [1.29, 1.82) is 5.26 Å². The fourth-order valence-electron chi connectivity index (χ4n) is 0.406. The van der Waals surface area contributed by atoms with Crippen molar-refractivity contribution in [2.45, 2.75) is 6.92 Å². The van der Waals surface area contributed by atoms with E-state index < -0.39 is 17.9 Å². The molecule has 0 heterocycles. The van der Waals surface area contributed by atoms with Crippen molar-refractivity contribution < 1.29 is 29.3 Å². The summed E-state index contributed by atoms with van der Waals surface area (Å²) in [4.78, 5) is 29.5. The lowest BCUT2D eigenvalue weighted by molar-refractivity contribution is -0.138. The van der Waals surface area contributed by atoms with E-state index in [1.807, 2.05) is 0 Å². The van der Waals surface area contributed by atoms with Gasteiger partial charge in [-0.3, -0.25) is 0 Å². The largest absolute Gasteiger partial charge is 0.478 e. The Morgan fingerprint density at radius 1 is 1.29 bits per heavy atom. The molecule has 0 aromatic carbocycles. The Balaban J connectivity index is 0. The Hall–Kier alpha value is -2.62. The number of nitriles is 1. The van der Waals surface area contributed by atoms with Gasteiger partial charge in [-0.1, -0.05) is 6.58 Å². The molecule has 0 rings (SSSR count).